The second-order valence-corrected chi connectivity index (χ2v) is 7.15. The van der Waals surface area contributed by atoms with Gasteiger partial charge in [-0.05, 0) is 6.92 Å². The first-order valence-electron chi connectivity index (χ1n) is 9.10. The molecule has 0 fully saturated rings. The Bertz CT molecular complexity index is 1140. The summed E-state index contributed by atoms with van der Waals surface area (Å²) in [5, 5.41) is 14.3. The molecule has 0 bridgehead atoms. The number of amides is 2. The molecule has 3 heterocycles. The summed E-state index contributed by atoms with van der Waals surface area (Å²) < 4.78 is 42.1. The van der Waals surface area contributed by atoms with Crippen molar-refractivity contribution in [2.75, 3.05) is 18.6 Å². The maximum Gasteiger partial charge on any atom is 0.277 e. The average molecular weight is 422 g/mol. The quantitative estimate of drug-likeness (QED) is 0.764. The predicted molar refractivity (Wildman–Crippen MR) is 98.2 cm³/mol. The van der Waals surface area contributed by atoms with Gasteiger partial charge in [-0.1, -0.05) is 0 Å². The third-order valence-corrected chi connectivity index (χ3v) is 5.53. The number of aromatic hydroxyl groups is 1. The standard InChI is InChI=1S/C19H17F3N4O4/c1-8-24(2)19(30)15-17(28)16(27)14(13-3-4-25(8)26(13)15)18(29)23-7-10-11(21)5-9(20)6-12(10)22/h5-6,8,28H,3-4,7H2,1-2H3,(H,23,29). The highest BCUT2D eigenvalue weighted by molar-refractivity contribution is 6.00. The van der Waals surface area contributed by atoms with Gasteiger partial charge in [0, 0.05) is 44.3 Å². The third kappa shape index (κ3) is 2.72. The zero-order chi connectivity index (χ0) is 21.9. The molecule has 0 radical (unpaired) electrons. The van der Waals surface area contributed by atoms with Crippen molar-refractivity contribution in [2.45, 2.75) is 26.1 Å². The van der Waals surface area contributed by atoms with Crippen molar-refractivity contribution in [3.63, 3.8) is 0 Å². The van der Waals surface area contributed by atoms with Crippen LogP contribution >= 0.6 is 0 Å². The molecule has 0 spiro atoms. The van der Waals surface area contributed by atoms with E-state index in [0.717, 1.165) is 0 Å². The molecule has 30 heavy (non-hydrogen) atoms. The molecule has 1 atom stereocenters. The van der Waals surface area contributed by atoms with Crippen LogP contribution in [0.2, 0.25) is 0 Å². The summed E-state index contributed by atoms with van der Waals surface area (Å²) in [6, 6.07) is 0.955. The summed E-state index contributed by atoms with van der Waals surface area (Å²) in [5.41, 5.74) is -2.05. The van der Waals surface area contributed by atoms with E-state index in [4.69, 9.17) is 0 Å². The van der Waals surface area contributed by atoms with E-state index in [9.17, 15) is 32.7 Å². The Morgan fingerprint density at radius 3 is 2.50 bits per heavy atom. The van der Waals surface area contributed by atoms with Gasteiger partial charge in [-0.15, -0.1) is 0 Å². The second kappa shape index (κ2) is 6.78. The smallest absolute Gasteiger partial charge is 0.277 e. The molecule has 8 nitrogen and oxygen atoms in total. The number of carbonyl (C=O) groups is 2. The number of rotatable bonds is 3. The van der Waals surface area contributed by atoms with Crippen LogP contribution in [0.3, 0.4) is 0 Å². The molecule has 0 saturated carbocycles. The van der Waals surface area contributed by atoms with E-state index in [1.165, 1.54) is 16.6 Å². The molecule has 1 unspecified atom stereocenters. The fraction of sp³-hybridized carbons (Fsp3) is 0.316. The zero-order valence-corrected chi connectivity index (χ0v) is 16.0. The largest absolute Gasteiger partial charge is 0.502 e. The molecule has 0 aliphatic carbocycles. The van der Waals surface area contributed by atoms with Crippen LogP contribution < -0.4 is 15.8 Å². The lowest BCUT2D eigenvalue weighted by atomic mass is 10.1. The lowest BCUT2D eigenvalue weighted by Gasteiger charge is -2.41. The summed E-state index contributed by atoms with van der Waals surface area (Å²) in [4.78, 5) is 39.4. The highest BCUT2D eigenvalue weighted by Gasteiger charge is 2.42. The van der Waals surface area contributed by atoms with E-state index < -0.39 is 58.1 Å². The lowest BCUT2D eigenvalue weighted by molar-refractivity contribution is 0.0659. The van der Waals surface area contributed by atoms with Crippen molar-refractivity contribution in [3.8, 4) is 5.75 Å². The van der Waals surface area contributed by atoms with Crippen molar-refractivity contribution in [1.29, 1.82) is 0 Å². The minimum Gasteiger partial charge on any atom is -0.502 e. The number of halogens is 3. The van der Waals surface area contributed by atoms with Crippen LogP contribution in [-0.4, -0.2) is 46.3 Å². The van der Waals surface area contributed by atoms with Gasteiger partial charge in [-0.3, -0.25) is 24.1 Å². The van der Waals surface area contributed by atoms with Gasteiger partial charge >= 0.3 is 0 Å². The maximum absolute atomic E-state index is 13.8. The van der Waals surface area contributed by atoms with Gasteiger partial charge in [-0.25, -0.2) is 13.2 Å². The van der Waals surface area contributed by atoms with Crippen LogP contribution in [0.4, 0.5) is 13.2 Å². The molecule has 2 N–H and O–H groups in total. The van der Waals surface area contributed by atoms with Crippen molar-refractivity contribution in [3.05, 3.63) is 62.3 Å². The van der Waals surface area contributed by atoms with Crippen molar-refractivity contribution in [2.24, 2.45) is 0 Å². The number of pyridine rings is 1. The Labute approximate surface area is 168 Å². The van der Waals surface area contributed by atoms with Crippen molar-refractivity contribution < 1.29 is 27.9 Å². The lowest BCUT2D eigenvalue weighted by Crippen LogP contribution is -2.57. The third-order valence-electron chi connectivity index (χ3n) is 5.53. The van der Waals surface area contributed by atoms with Gasteiger partial charge in [0.25, 0.3) is 11.8 Å². The first-order valence-corrected chi connectivity index (χ1v) is 9.10. The molecular formula is C19H17F3N4O4. The van der Waals surface area contributed by atoms with E-state index in [1.54, 1.807) is 11.9 Å². The topological polar surface area (TPSA) is 94.9 Å². The fourth-order valence-corrected chi connectivity index (χ4v) is 3.85. The van der Waals surface area contributed by atoms with E-state index in [1.807, 2.05) is 0 Å². The maximum atomic E-state index is 13.8. The number of nitrogens with one attached hydrogen (secondary N) is 1. The van der Waals surface area contributed by atoms with E-state index in [-0.39, 0.29) is 24.0 Å². The normalized spacial score (nSPS) is 17.4. The molecule has 1 aromatic heterocycles. The molecule has 2 aromatic rings. The number of carbonyl (C=O) groups excluding carboxylic acids is 2. The van der Waals surface area contributed by atoms with Gasteiger partial charge < -0.3 is 15.3 Å². The van der Waals surface area contributed by atoms with Crippen LogP contribution in [0.25, 0.3) is 0 Å². The second-order valence-electron chi connectivity index (χ2n) is 7.15. The monoisotopic (exact) mass is 422 g/mol. The Balaban J connectivity index is 1.74. The predicted octanol–water partition coefficient (Wildman–Crippen LogP) is 0.827. The van der Waals surface area contributed by atoms with Gasteiger partial charge in [-0.2, -0.15) is 0 Å². The molecule has 2 aliphatic heterocycles. The van der Waals surface area contributed by atoms with Crippen LogP contribution in [-0.2, 0) is 13.0 Å². The summed E-state index contributed by atoms with van der Waals surface area (Å²) >= 11 is 0. The van der Waals surface area contributed by atoms with Crippen LogP contribution in [0.15, 0.2) is 16.9 Å². The van der Waals surface area contributed by atoms with Crippen molar-refractivity contribution in [1.82, 2.24) is 14.9 Å². The van der Waals surface area contributed by atoms with Gasteiger partial charge in [0.15, 0.2) is 11.4 Å². The summed E-state index contributed by atoms with van der Waals surface area (Å²) in [7, 11) is 1.53. The first-order chi connectivity index (χ1) is 14.1. The van der Waals surface area contributed by atoms with E-state index in [2.05, 4.69) is 5.32 Å². The molecule has 4 rings (SSSR count). The highest BCUT2D eigenvalue weighted by atomic mass is 19.1. The Kier molecular flexibility index (Phi) is 4.48. The zero-order valence-electron chi connectivity index (χ0n) is 16.0. The highest BCUT2D eigenvalue weighted by Crippen LogP contribution is 2.30. The minimum absolute atomic E-state index is 0.221. The summed E-state index contributed by atoms with van der Waals surface area (Å²) in [6.07, 6.45) is -0.137. The number of hydrogen-bond acceptors (Lipinski definition) is 5. The Morgan fingerprint density at radius 1 is 1.23 bits per heavy atom. The first kappa shape index (κ1) is 19.8. The van der Waals surface area contributed by atoms with Crippen molar-refractivity contribution >= 4 is 11.8 Å². The van der Waals surface area contributed by atoms with E-state index in [0.29, 0.717) is 18.7 Å². The molecule has 158 valence electrons. The molecule has 2 amide bonds. The average Bonchev–Trinajstić information content (AvgIpc) is 3.10. The van der Waals surface area contributed by atoms with Crippen LogP contribution in [0.5, 0.6) is 5.75 Å². The Morgan fingerprint density at radius 2 is 1.87 bits per heavy atom. The van der Waals surface area contributed by atoms with Gasteiger partial charge in [0.2, 0.25) is 5.43 Å². The Hall–Kier alpha value is -3.50. The minimum atomic E-state index is -1.18. The number of hydrogen-bond donors (Lipinski definition) is 2. The van der Waals surface area contributed by atoms with Gasteiger partial charge in [0.05, 0.1) is 5.69 Å². The summed E-state index contributed by atoms with van der Waals surface area (Å²) in [5.74, 6) is -5.89. The van der Waals surface area contributed by atoms with Gasteiger partial charge in [0.1, 0.15) is 29.2 Å². The molecule has 11 heteroatoms. The van der Waals surface area contributed by atoms with E-state index >= 15 is 0 Å². The molecule has 0 saturated heterocycles. The number of aromatic nitrogens is 1. The SMILES string of the molecule is CC1N(C)C(=O)c2c(O)c(=O)c(C(=O)NCc3c(F)cc(F)cc3F)c3n2N1CC3. The fourth-order valence-electron chi connectivity index (χ4n) is 3.85. The summed E-state index contributed by atoms with van der Waals surface area (Å²) in [6.45, 7) is 1.50. The molecular weight excluding hydrogens is 405 g/mol. The molecule has 2 aliphatic rings. The van der Waals surface area contributed by atoms with Crippen LogP contribution in [0.1, 0.15) is 39.0 Å². The number of benzene rings is 1. The molecule has 1 aromatic carbocycles. The number of nitrogens with zero attached hydrogens (tertiary/aromatic N) is 3. The van der Waals surface area contributed by atoms with Crippen LogP contribution in [0, 0.1) is 17.5 Å².